The first-order valence-corrected chi connectivity index (χ1v) is 16.0. The van der Waals surface area contributed by atoms with Crippen molar-refractivity contribution in [2.45, 2.75) is 107 Å². The molecule has 40 heavy (non-hydrogen) atoms. The van der Waals surface area contributed by atoms with Gasteiger partial charge >= 0.3 is 0 Å². The first-order chi connectivity index (χ1) is 19.5. The molecule has 0 aromatic heterocycles. The van der Waals surface area contributed by atoms with Crippen LogP contribution in [-0.2, 0) is 5.75 Å². The van der Waals surface area contributed by atoms with Gasteiger partial charge in [0.25, 0.3) is 0 Å². The Balaban J connectivity index is 1.44. The van der Waals surface area contributed by atoms with Crippen molar-refractivity contribution in [1.29, 1.82) is 0 Å². The van der Waals surface area contributed by atoms with Crippen molar-refractivity contribution in [3.05, 3.63) is 35.9 Å². The summed E-state index contributed by atoms with van der Waals surface area (Å²) in [6, 6.07) is 11.1. The Bertz CT molecular complexity index is 966. The molecule has 3 rings (SSSR count). The molecule has 1 atom stereocenters. The summed E-state index contributed by atoms with van der Waals surface area (Å²) < 4.78 is 0. The molecule has 0 heterocycles. The molecule has 0 amide bonds. The molecule has 1 aromatic carbocycles. The third kappa shape index (κ3) is 13.4. The fourth-order valence-corrected chi connectivity index (χ4v) is 6.39. The molecule has 222 valence electrons. The van der Waals surface area contributed by atoms with Gasteiger partial charge in [-0.25, -0.2) is 9.98 Å². The van der Waals surface area contributed by atoms with E-state index in [-0.39, 0.29) is 0 Å². The molecule has 2 saturated carbocycles. The van der Waals surface area contributed by atoms with E-state index in [2.05, 4.69) is 54.9 Å². The van der Waals surface area contributed by atoms with Crippen molar-refractivity contribution in [2.24, 2.45) is 42.9 Å². The molecule has 0 radical (unpaired) electrons. The predicted octanol–water partition coefficient (Wildman–Crippen LogP) is 3.56. The smallest absolute Gasteiger partial charge is 0.195 e. The number of aliphatic imine (C=N–C) groups is 4. The van der Waals surface area contributed by atoms with Crippen LogP contribution in [0.2, 0.25) is 0 Å². The number of nitrogens with one attached hydrogen (secondary N) is 2. The maximum atomic E-state index is 6.10. The zero-order valence-electron chi connectivity index (χ0n) is 23.9. The number of rotatable bonds is 12. The van der Waals surface area contributed by atoms with Gasteiger partial charge in [-0.2, -0.15) is 11.8 Å². The summed E-state index contributed by atoms with van der Waals surface area (Å²) in [6.07, 6.45) is 14.6. The van der Waals surface area contributed by atoms with Crippen LogP contribution >= 0.6 is 11.8 Å². The van der Waals surface area contributed by atoms with E-state index in [9.17, 15) is 0 Å². The zero-order chi connectivity index (χ0) is 28.4. The Labute approximate surface area is 244 Å². The van der Waals surface area contributed by atoms with Gasteiger partial charge in [-0.05, 0) is 50.5 Å². The third-order valence-corrected chi connectivity index (χ3v) is 8.78. The van der Waals surface area contributed by atoms with Crippen LogP contribution in [0.3, 0.4) is 0 Å². The Morgan fingerprint density at radius 2 is 1.23 bits per heavy atom. The zero-order valence-corrected chi connectivity index (χ0v) is 24.8. The van der Waals surface area contributed by atoms with Gasteiger partial charge in [0.05, 0.1) is 12.1 Å². The van der Waals surface area contributed by atoms with Crippen molar-refractivity contribution < 1.29 is 0 Å². The highest BCUT2D eigenvalue weighted by Crippen LogP contribution is 2.24. The summed E-state index contributed by atoms with van der Waals surface area (Å²) in [7, 11) is 0. The molecule has 0 aliphatic heterocycles. The summed E-state index contributed by atoms with van der Waals surface area (Å²) in [5.41, 5.74) is 25.6. The lowest BCUT2D eigenvalue weighted by Crippen LogP contribution is -2.42. The summed E-state index contributed by atoms with van der Waals surface area (Å²) in [6.45, 7) is 1.24. The first-order valence-electron chi connectivity index (χ1n) is 14.9. The maximum absolute atomic E-state index is 6.10. The lowest BCUT2D eigenvalue weighted by atomic mass is 9.96. The van der Waals surface area contributed by atoms with E-state index in [0.29, 0.717) is 54.3 Å². The van der Waals surface area contributed by atoms with E-state index in [0.717, 1.165) is 50.7 Å². The third-order valence-electron chi connectivity index (χ3n) is 7.33. The lowest BCUT2D eigenvalue weighted by molar-refractivity contribution is 0.442. The van der Waals surface area contributed by atoms with Gasteiger partial charge in [0, 0.05) is 24.1 Å². The second-order valence-electron chi connectivity index (χ2n) is 10.7. The molecule has 10 nitrogen and oxygen atoms in total. The largest absolute Gasteiger partial charge is 0.370 e. The fraction of sp³-hybridized carbons (Fsp3) is 0.655. The number of guanidine groups is 4. The van der Waals surface area contributed by atoms with E-state index in [1.807, 2.05) is 17.8 Å². The molecule has 2 fully saturated rings. The van der Waals surface area contributed by atoms with E-state index in [1.165, 1.54) is 44.1 Å². The van der Waals surface area contributed by atoms with Gasteiger partial charge in [-0.3, -0.25) is 20.6 Å². The van der Waals surface area contributed by atoms with Crippen LogP contribution in [0.4, 0.5) is 0 Å². The number of thioether (sulfide) groups is 1. The average molecular weight is 571 g/mol. The SMILES string of the molecule is NC(=NCCCC(CCN=C(N)NC(N)=NC1CCCCC1)SCc1ccccc1)NC(N)=NC1CCCCC1. The molecule has 2 aliphatic carbocycles. The summed E-state index contributed by atoms with van der Waals surface area (Å²) in [4.78, 5) is 18.1. The number of nitrogens with two attached hydrogens (primary N) is 4. The van der Waals surface area contributed by atoms with E-state index < -0.39 is 0 Å². The van der Waals surface area contributed by atoms with Crippen LogP contribution in [-0.4, -0.2) is 54.3 Å². The quantitative estimate of drug-likeness (QED) is 0.126. The van der Waals surface area contributed by atoms with E-state index in [4.69, 9.17) is 22.9 Å². The molecule has 11 heteroatoms. The highest BCUT2D eigenvalue weighted by Gasteiger charge is 2.14. The van der Waals surface area contributed by atoms with E-state index in [1.54, 1.807) is 0 Å². The Hall–Kier alpha value is -2.95. The average Bonchev–Trinajstić information content (AvgIpc) is 2.95. The highest BCUT2D eigenvalue weighted by molar-refractivity contribution is 7.99. The first kappa shape index (κ1) is 31.6. The minimum Gasteiger partial charge on any atom is -0.370 e. The standard InChI is InChI=1S/C29H50N10S/c30-26(38-28(32)36-23-13-6-2-7-14-23)34-19-10-17-25(40-21-22-11-4-1-5-12-22)18-20-35-27(31)39-29(33)37-24-15-8-3-9-16-24/h1,4-5,11-12,23-25H,2-3,6-10,13-21H2,(H5,30,32,34,36,38)(H5,31,33,35,37,39). The Morgan fingerprint density at radius 3 is 1.77 bits per heavy atom. The highest BCUT2D eigenvalue weighted by atomic mass is 32.2. The number of benzene rings is 1. The van der Waals surface area contributed by atoms with Gasteiger partial charge < -0.3 is 22.9 Å². The van der Waals surface area contributed by atoms with E-state index >= 15 is 0 Å². The van der Waals surface area contributed by atoms with Crippen LogP contribution < -0.4 is 33.6 Å². The van der Waals surface area contributed by atoms with Crippen LogP contribution in [0.1, 0.15) is 89.0 Å². The van der Waals surface area contributed by atoms with Crippen molar-refractivity contribution in [2.75, 3.05) is 13.1 Å². The lowest BCUT2D eigenvalue weighted by Gasteiger charge is -2.18. The molecule has 1 unspecified atom stereocenters. The van der Waals surface area contributed by atoms with Crippen LogP contribution in [0.15, 0.2) is 50.3 Å². The fourth-order valence-electron chi connectivity index (χ4n) is 5.17. The van der Waals surface area contributed by atoms with Crippen molar-refractivity contribution >= 4 is 35.6 Å². The molecular weight excluding hydrogens is 520 g/mol. The molecule has 0 bridgehead atoms. The monoisotopic (exact) mass is 570 g/mol. The van der Waals surface area contributed by atoms with Crippen LogP contribution in [0.25, 0.3) is 0 Å². The topological polar surface area (TPSA) is 178 Å². The predicted molar refractivity (Wildman–Crippen MR) is 172 cm³/mol. The maximum Gasteiger partial charge on any atom is 0.195 e. The van der Waals surface area contributed by atoms with Crippen molar-refractivity contribution in [3.63, 3.8) is 0 Å². The minimum absolute atomic E-state index is 0.292. The van der Waals surface area contributed by atoms with Crippen molar-refractivity contribution in [3.8, 4) is 0 Å². The number of nitrogens with zero attached hydrogens (tertiary/aromatic N) is 4. The molecule has 0 spiro atoms. The van der Waals surface area contributed by atoms with Crippen molar-refractivity contribution in [1.82, 2.24) is 10.6 Å². The normalized spacial score (nSPS) is 19.4. The van der Waals surface area contributed by atoms with Crippen LogP contribution in [0, 0.1) is 0 Å². The summed E-state index contributed by atoms with van der Waals surface area (Å²) in [5, 5.41) is 6.31. The van der Waals surface area contributed by atoms with Gasteiger partial charge in [0.1, 0.15) is 0 Å². The molecule has 10 N–H and O–H groups in total. The minimum atomic E-state index is 0.292. The molecule has 2 aliphatic rings. The second kappa shape index (κ2) is 18.4. The van der Waals surface area contributed by atoms with Gasteiger partial charge in [0.15, 0.2) is 23.8 Å². The Kier molecular flexibility index (Phi) is 14.5. The van der Waals surface area contributed by atoms with Crippen LogP contribution in [0.5, 0.6) is 0 Å². The van der Waals surface area contributed by atoms with Gasteiger partial charge in [0.2, 0.25) is 0 Å². The molecule has 1 aromatic rings. The van der Waals surface area contributed by atoms with Gasteiger partial charge in [-0.1, -0.05) is 68.9 Å². The number of hydrogen-bond acceptors (Lipinski definition) is 5. The summed E-state index contributed by atoms with van der Waals surface area (Å²) >= 11 is 1.94. The summed E-state index contributed by atoms with van der Waals surface area (Å²) in [5.74, 6) is 2.31. The van der Waals surface area contributed by atoms with Gasteiger partial charge in [-0.15, -0.1) is 0 Å². The molecular formula is C29H50N10S. The second-order valence-corrected chi connectivity index (χ2v) is 12.0. The molecule has 0 saturated heterocycles. The number of hydrogen-bond donors (Lipinski definition) is 6. The Morgan fingerprint density at radius 1 is 0.700 bits per heavy atom.